The molecule has 15 heteroatoms. The van der Waals surface area contributed by atoms with Gasteiger partial charge in [0.15, 0.2) is 0 Å². The van der Waals surface area contributed by atoms with E-state index in [1.165, 1.54) is 32.2 Å². The van der Waals surface area contributed by atoms with Crippen molar-refractivity contribution < 1.29 is 24.6 Å². The molecule has 0 aromatic heterocycles. The number of likely N-dealkylation sites (tertiary alicyclic amines) is 2. The molecule has 3 aliphatic heterocycles. The quantitative estimate of drug-likeness (QED) is 0.163. The molecule has 3 saturated heterocycles. The van der Waals surface area contributed by atoms with Gasteiger partial charge >= 0.3 is 27.2 Å². The number of rotatable bonds is 11. The highest BCUT2D eigenvalue weighted by Gasteiger charge is 2.19. The molecule has 1 aromatic rings. The first-order valence-corrected chi connectivity index (χ1v) is 18.0. The van der Waals surface area contributed by atoms with Crippen LogP contribution in [0.3, 0.4) is 0 Å². The lowest BCUT2D eigenvalue weighted by atomic mass is 9.86. The van der Waals surface area contributed by atoms with Crippen LogP contribution in [0.5, 0.6) is 0 Å². The summed E-state index contributed by atoms with van der Waals surface area (Å²) in [6, 6.07) is 11.0. The molecule has 3 atom stereocenters. The second-order valence-corrected chi connectivity index (χ2v) is 13.3. The predicted molar refractivity (Wildman–Crippen MR) is 195 cm³/mol. The third kappa shape index (κ3) is 21.8. The van der Waals surface area contributed by atoms with E-state index in [0.29, 0.717) is 31.3 Å². The monoisotopic (exact) mass is 660 g/mol. The molecule has 266 valence electrons. The van der Waals surface area contributed by atoms with Crippen LogP contribution in [-0.2, 0) is 11.3 Å². The molecule has 3 heterocycles. The molecule has 0 spiro atoms. The number of carbonyl (C=O) groups excluding carboxylic acids is 1. The first kappa shape index (κ1) is 41.5. The maximum Gasteiger partial charge on any atom is 0.407 e. The van der Waals surface area contributed by atoms with Crippen LogP contribution in [0.1, 0.15) is 63.4 Å². The summed E-state index contributed by atoms with van der Waals surface area (Å²) in [5.74, 6) is 0. The van der Waals surface area contributed by atoms with E-state index in [9.17, 15) is 9.82 Å². The fourth-order valence-corrected chi connectivity index (χ4v) is 6.25. The average molecular weight is 659 g/mol. The van der Waals surface area contributed by atoms with Crippen LogP contribution in [0, 0.1) is 0 Å². The Labute approximate surface area is 285 Å². The number of hydrogen-bond donors (Lipinski definition) is 8. The van der Waals surface area contributed by atoms with Gasteiger partial charge in [0.1, 0.15) is 6.61 Å². The summed E-state index contributed by atoms with van der Waals surface area (Å²) in [7, 11) is 0.976. The average Bonchev–Trinajstić information content (AvgIpc) is 3.50. The Morgan fingerprint density at radius 2 is 1.36 bits per heavy atom. The highest BCUT2D eigenvalue weighted by Crippen LogP contribution is 2.11. The number of ether oxygens (including phenoxy) is 1. The van der Waals surface area contributed by atoms with Crippen molar-refractivity contribution in [3.8, 4) is 0 Å². The smallest absolute Gasteiger partial charge is 0.407 e. The highest BCUT2D eigenvalue weighted by atomic mass is 16.5. The van der Waals surface area contributed by atoms with Gasteiger partial charge in [0.25, 0.3) is 0 Å². The van der Waals surface area contributed by atoms with Crippen LogP contribution in [0.4, 0.5) is 4.79 Å². The molecule has 3 aliphatic rings. The maximum absolute atomic E-state index is 11.7. The summed E-state index contributed by atoms with van der Waals surface area (Å²) < 4.78 is 5.20. The Hall–Kier alpha value is -1.68. The summed E-state index contributed by atoms with van der Waals surface area (Å²) >= 11 is 0. The van der Waals surface area contributed by atoms with Crippen LogP contribution in [0.15, 0.2) is 30.3 Å². The summed E-state index contributed by atoms with van der Waals surface area (Å²) in [6.45, 7) is 13.6. The normalized spacial score (nSPS) is 22.5. The second kappa shape index (κ2) is 25.3. The third-order valence-corrected chi connectivity index (χ3v) is 8.69. The van der Waals surface area contributed by atoms with Gasteiger partial charge in [-0.15, -0.1) is 0 Å². The minimum atomic E-state index is -0.456. The lowest BCUT2D eigenvalue weighted by molar-refractivity contribution is 0.138. The Kier molecular flexibility index (Phi) is 22.4. The van der Waals surface area contributed by atoms with Gasteiger partial charge in [-0.2, -0.15) is 0 Å². The van der Waals surface area contributed by atoms with E-state index >= 15 is 0 Å². The van der Waals surface area contributed by atoms with E-state index in [1.807, 2.05) is 30.3 Å². The van der Waals surface area contributed by atoms with Crippen molar-refractivity contribution in [1.82, 2.24) is 36.1 Å². The summed E-state index contributed by atoms with van der Waals surface area (Å²) in [6.07, 6.45) is 9.92. The number of benzene rings is 1. The van der Waals surface area contributed by atoms with Crippen LogP contribution in [0.2, 0.25) is 20.5 Å². The SMILES string of the molecule is CB(O)N[C@H]1CCCN(C)CC1.CB(O)N[C@H]1CCCN(CCNC(=O)OCc2ccccc2)CC1.CB(O)N[C@H]1CCCNCC1. The molecule has 1 amide bonds. The van der Waals surface area contributed by atoms with Crippen molar-refractivity contribution >= 4 is 27.2 Å². The minimum Gasteiger partial charge on any atom is -0.445 e. The number of amides is 1. The molecule has 8 N–H and O–H groups in total. The first-order chi connectivity index (χ1) is 22.6. The Morgan fingerprint density at radius 3 is 2.00 bits per heavy atom. The summed E-state index contributed by atoms with van der Waals surface area (Å²) in [5, 5.41) is 43.2. The zero-order valence-corrected chi connectivity index (χ0v) is 29.6. The van der Waals surface area contributed by atoms with Crippen LogP contribution >= 0.6 is 0 Å². The number of alkyl carbamates (subject to hydrolysis) is 1. The first-order valence-electron chi connectivity index (χ1n) is 18.0. The van der Waals surface area contributed by atoms with E-state index in [2.05, 4.69) is 43.2 Å². The Bertz CT molecular complexity index is 918. The van der Waals surface area contributed by atoms with Gasteiger partial charge in [-0.05, 0) is 148 Å². The minimum absolute atomic E-state index is 0.295. The molecule has 47 heavy (non-hydrogen) atoms. The van der Waals surface area contributed by atoms with E-state index in [1.54, 1.807) is 20.5 Å². The molecule has 0 aliphatic carbocycles. The van der Waals surface area contributed by atoms with Crippen LogP contribution < -0.4 is 26.3 Å². The highest BCUT2D eigenvalue weighted by molar-refractivity contribution is 6.46. The molecule has 12 nitrogen and oxygen atoms in total. The van der Waals surface area contributed by atoms with Crippen molar-refractivity contribution in [3.05, 3.63) is 35.9 Å². The summed E-state index contributed by atoms with van der Waals surface area (Å²) in [4.78, 5) is 16.4. The summed E-state index contributed by atoms with van der Waals surface area (Å²) in [5.41, 5.74) is 0.983. The molecular weight excluding hydrogens is 595 g/mol. The van der Waals surface area contributed by atoms with Gasteiger partial charge < -0.3 is 55.9 Å². The van der Waals surface area contributed by atoms with Gasteiger partial charge in [-0.1, -0.05) is 30.3 Å². The topological polar surface area (TPSA) is 154 Å². The van der Waals surface area contributed by atoms with Gasteiger partial charge in [0.05, 0.1) is 0 Å². The number of nitrogens with one attached hydrogen (secondary N) is 5. The van der Waals surface area contributed by atoms with Gasteiger partial charge in [0.2, 0.25) is 0 Å². The third-order valence-electron chi connectivity index (χ3n) is 8.69. The van der Waals surface area contributed by atoms with Crippen molar-refractivity contribution in [2.24, 2.45) is 0 Å². The molecular formula is C32H64B3N7O5. The molecule has 0 bridgehead atoms. The number of nitrogens with zero attached hydrogens (tertiary/aromatic N) is 2. The van der Waals surface area contributed by atoms with Crippen molar-refractivity contribution in [1.29, 1.82) is 0 Å². The largest absolute Gasteiger partial charge is 0.445 e. The van der Waals surface area contributed by atoms with E-state index in [0.717, 1.165) is 76.9 Å². The van der Waals surface area contributed by atoms with E-state index in [-0.39, 0.29) is 20.2 Å². The lowest BCUT2D eigenvalue weighted by Gasteiger charge is -2.20. The Balaban J connectivity index is 0.000000278. The van der Waals surface area contributed by atoms with Gasteiger partial charge in [-0.25, -0.2) is 4.79 Å². The standard InChI is InChI=1S/C17H28BN3O3.C8H19BN2O.C7H17BN2O/c1-18(23)20-16-8-5-11-21(12-9-16)13-10-19-17(22)24-14-15-6-3-2-4-7-15;1-9(12)10-8-4-3-6-11(2)7-5-8;1-8(11)10-7-3-2-5-9-6-4-7/h2-4,6-7,16,20,23H,5,8-14H2,1H3,(H,19,22);8,10,12H,3-7H2,1-2H3;7,9-11H,2-6H2,1H3/t16-;8-;7-/m000/s1. The van der Waals surface area contributed by atoms with E-state index in [4.69, 9.17) is 14.8 Å². The Morgan fingerprint density at radius 1 is 0.787 bits per heavy atom. The number of hydrogen-bond acceptors (Lipinski definition) is 11. The molecule has 0 radical (unpaired) electrons. The van der Waals surface area contributed by atoms with Crippen LogP contribution in [0.25, 0.3) is 0 Å². The fourth-order valence-electron chi connectivity index (χ4n) is 6.25. The molecule has 3 fully saturated rings. The number of carbonyl (C=O) groups is 1. The lowest BCUT2D eigenvalue weighted by Crippen LogP contribution is -2.41. The van der Waals surface area contributed by atoms with E-state index < -0.39 is 7.05 Å². The zero-order valence-electron chi connectivity index (χ0n) is 29.6. The predicted octanol–water partition coefficient (Wildman–Crippen LogP) is 1.47. The van der Waals surface area contributed by atoms with Gasteiger partial charge in [-0.3, -0.25) is 0 Å². The van der Waals surface area contributed by atoms with Crippen LogP contribution in [-0.4, -0.2) is 130 Å². The maximum atomic E-state index is 11.7. The van der Waals surface area contributed by atoms with Crippen molar-refractivity contribution in [2.45, 2.75) is 103 Å². The van der Waals surface area contributed by atoms with Crippen molar-refractivity contribution in [3.63, 3.8) is 0 Å². The fraction of sp³-hybridized carbons (Fsp3) is 0.781. The molecule has 1 aromatic carbocycles. The van der Waals surface area contributed by atoms with Gasteiger partial charge in [0, 0.05) is 13.1 Å². The van der Waals surface area contributed by atoms with Crippen molar-refractivity contribution in [2.75, 3.05) is 59.4 Å². The molecule has 0 saturated carbocycles. The zero-order chi connectivity index (χ0) is 34.3. The molecule has 0 unspecified atom stereocenters. The molecule has 4 rings (SSSR count). The second-order valence-electron chi connectivity index (χ2n) is 13.3.